The number of aryl methyl sites for hydroxylation is 2. The number of hydrogen-bond acceptors (Lipinski definition) is 3. The summed E-state index contributed by atoms with van der Waals surface area (Å²) in [7, 11) is 0. The van der Waals surface area contributed by atoms with E-state index in [4.69, 9.17) is 0 Å². The van der Waals surface area contributed by atoms with Crippen LogP contribution in [0.3, 0.4) is 0 Å². The van der Waals surface area contributed by atoms with Crippen molar-refractivity contribution in [2.45, 2.75) is 32.9 Å². The molecule has 4 aromatic rings. The fourth-order valence-corrected chi connectivity index (χ4v) is 4.22. The summed E-state index contributed by atoms with van der Waals surface area (Å²) < 4.78 is 3.90. The van der Waals surface area contributed by atoms with E-state index in [0.717, 1.165) is 29.4 Å². The van der Waals surface area contributed by atoms with Crippen LogP contribution in [0.5, 0.6) is 0 Å². The van der Waals surface area contributed by atoms with E-state index in [2.05, 4.69) is 29.5 Å². The highest BCUT2D eigenvalue weighted by atomic mass is 16.2. The smallest absolute Gasteiger partial charge is 0.267 e. The molecule has 0 atom stereocenters. The van der Waals surface area contributed by atoms with E-state index in [9.17, 15) is 9.59 Å². The highest BCUT2D eigenvalue weighted by Gasteiger charge is 2.19. The Morgan fingerprint density at radius 1 is 1.16 bits per heavy atom. The Morgan fingerprint density at radius 3 is 2.90 bits per heavy atom. The van der Waals surface area contributed by atoms with Gasteiger partial charge in [-0.05, 0) is 42.2 Å². The summed E-state index contributed by atoms with van der Waals surface area (Å²) in [6.45, 7) is 4.21. The molecule has 156 valence electrons. The van der Waals surface area contributed by atoms with Crippen molar-refractivity contribution in [3.8, 4) is 0 Å². The lowest BCUT2D eigenvalue weighted by atomic mass is 10.0. The summed E-state index contributed by atoms with van der Waals surface area (Å²) in [4.78, 5) is 25.3. The first-order chi connectivity index (χ1) is 15.1. The monoisotopic (exact) mass is 412 g/mol. The van der Waals surface area contributed by atoms with Crippen molar-refractivity contribution in [3.63, 3.8) is 0 Å². The number of rotatable bonds is 5. The van der Waals surface area contributed by atoms with Gasteiger partial charge in [-0.25, -0.2) is 0 Å². The first-order valence-electron chi connectivity index (χ1n) is 10.6. The van der Waals surface area contributed by atoms with Gasteiger partial charge in [-0.2, -0.15) is 5.10 Å². The van der Waals surface area contributed by atoms with E-state index < -0.39 is 0 Å². The van der Waals surface area contributed by atoms with E-state index in [0.29, 0.717) is 30.8 Å². The summed E-state index contributed by atoms with van der Waals surface area (Å²) in [6, 6.07) is 15.8. The second-order valence-corrected chi connectivity index (χ2v) is 8.14. The molecule has 0 bridgehead atoms. The molecule has 3 heterocycles. The number of nitrogens with zero attached hydrogens (tertiary/aromatic N) is 3. The molecular weight excluding hydrogens is 388 g/mol. The Kier molecular flexibility index (Phi) is 4.90. The molecule has 6 nitrogen and oxygen atoms in total. The minimum atomic E-state index is -0.0531. The Labute approximate surface area is 180 Å². The fraction of sp³-hybridized carbons (Fsp3) is 0.240. The number of hydrogen-bond donors (Lipinski definition) is 1. The second-order valence-electron chi connectivity index (χ2n) is 8.14. The van der Waals surface area contributed by atoms with E-state index in [-0.39, 0.29) is 11.7 Å². The van der Waals surface area contributed by atoms with Gasteiger partial charge in [0.15, 0.2) is 5.78 Å². The molecule has 0 unspecified atom stereocenters. The van der Waals surface area contributed by atoms with Crippen LogP contribution in [0.15, 0.2) is 60.9 Å². The van der Waals surface area contributed by atoms with Crippen molar-refractivity contribution in [2.24, 2.45) is 0 Å². The molecule has 0 spiro atoms. The molecule has 0 saturated heterocycles. The lowest BCUT2D eigenvalue weighted by molar-refractivity contribution is 0.0950. The van der Waals surface area contributed by atoms with Gasteiger partial charge in [-0.15, -0.1) is 0 Å². The van der Waals surface area contributed by atoms with Gasteiger partial charge in [-0.1, -0.05) is 36.4 Å². The normalized spacial score (nSPS) is 13.6. The summed E-state index contributed by atoms with van der Waals surface area (Å²) in [6.07, 6.45) is 4.88. The van der Waals surface area contributed by atoms with Crippen LogP contribution in [0.4, 0.5) is 0 Å². The first kappa shape index (κ1) is 19.3. The molecule has 1 aliphatic rings. The summed E-state index contributed by atoms with van der Waals surface area (Å²) in [5.74, 6) is -0.00592. The SMILES string of the molecule is Cc1ccccc1Cn1cc(CC(=O)c2ccc3cc4n(c3c2)CCCNC4=O)cn1. The molecule has 1 N–H and O–H groups in total. The Hall–Kier alpha value is -3.67. The van der Waals surface area contributed by atoms with Gasteiger partial charge in [0, 0.05) is 42.2 Å². The highest BCUT2D eigenvalue weighted by Crippen LogP contribution is 2.24. The van der Waals surface area contributed by atoms with Crippen molar-refractivity contribution in [1.82, 2.24) is 19.7 Å². The van der Waals surface area contributed by atoms with Gasteiger partial charge in [0.05, 0.1) is 12.7 Å². The summed E-state index contributed by atoms with van der Waals surface area (Å²) in [5.41, 5.74) is 5.59. The molecule has 31 heavy (non-hydrogen) atoms. The van der Waals surface area contributed by atoms with Crippen molar-refractivity contribution in [1.29, 1.82) is 0 Å². The van der Waals surface area contributed by atoms with E-state index in [1.807, 2.05) is 51.8 Å². The zero-order chi connectivity index (χ0) is 21.4. The number of benzene rings is 2. The van der Waals surface area contributed by atoms with Gasteiger partial charge in [0.2, 0.25) is 0 Å². The topological polar surface area (TPSA) is 68.9 Å². The van der Waals surface area contributed by atoms with Crippen LogP contribution in [-0.2, 0) is 19.5 Å². The zero-order valence-corrected chi connectivity index (χ0v) is 17.5. The average Bonchev–Trinajstić information content (AvgIpc) is 3.31. The Bertz CT molecular complexity index is 1300. The van der Waals surface area contributed by atoms with Gasteiger partial charge in [-0.3, -0.25) is 14.3 Å². The number of aromatic nitrogens is 3. The van der Waals surface area contributed by atoms with Crippen LogP contribution < -0.4 is 5.32 Å². The number of fused-ring (bicyclic) bond motifs is 3. The molecule has 0 radical (unpaired) electrons. The number of amides is 1. The zero-order valence-electron chi connectivity index (χ0n) is 17.5. The second kappa shape index (κ2) is 7.87. The fourth-order valence-electron chi connectivity index (χ4n) is 4.22. The molecule has 6 heteroatoms. The third kappa shape index (κ3) is 3.77. The highest BCUT2D eigenvalue weighted by molar-refractivity contribution is 6.03. The third-order valence-corrected chi connectivity index (χ3v) is 5.95. The molecule has 2 aromatic heterocycles. The molecule has 0 aliphatic carbocycles. The Morgan fingerprint density at radius 2 is 2.03 bits per heavy atom. The maximum atomic E-state index is 13.0. The number of ketones is 1. The molecule has 0 fully saturated rings. The van der Waals surface area contributed by atoms with Crippen LogP contribution in [0.25, 0.3) is 10.9 Å². The lowest BCUT2D eigenvalue weighted by Crippen LogP contribution is -2.22. The minimum absolute atomic E-state index is 0.0472. The van der Waals surface area contributed by atoms with E-state index in [1.54, 1.807) is 6.20 Å². The van der Waals surface area contributed by atoms with Crippen molar-refractivity contribution < 1.29 is 9.59 Å². The number of Topliss-reactive ketones (excluding diaryl/α,β-unsaturated/α-hetero) is 1. The van der Waals surface area contributed by atoms with Crippen LogP contribution in [0.1, 0.15) is 44.0 Å². The van der Waals surface area contributed by atoms with Crippen molar-refractivity contribution >= 4 is 22.6 Å². The number of carbonyl (C=O) groups is 2. The molecule has 1 amide bonds. The third-order valence-electron chi connectivity index (χ3n) is 5.95. The largest absolute Gasteiger partial charge is 0.351 e. The quantitative estimate of drug-likeness (QED) is 0.508. The number of nitrogens with one attached hydrogen (secondary N) is 1. The first-order valence-corrected chi connectivity index (χ1v) is 10.6. The molecular formula is C25H24N4O2. The van der Waals surface area contributed by atoms with Crippen molar-refractivity contribution in [3.05, 3.63) is 88.9 Å². The maximum absolute atomic E-state index is 13.0. The predicted molar refractivity (Wildman–Crippen MR) is 119 cm³/mol. The van der Waals surface area contributed by atoms with Gasteiger partial charge in [0.25, 0.3) is 5.91 Å². The molecule has 2 aromatic carbocycles. The lowest BCUT2D eigenvalue weighted by Gasteiger charge is -2.06. The van der Waals surface area contributed by atoms with E-state index >= 15 is 0 Å². The standard InChI is InChI=1S/C25H24N4O2/c1-17-5-2-3-6-21(17)16-28-15-18(14-27-28)11-24(30)20-8-7-19-12-23-25(31)26-9-4-10-29(23)22(19)13-20/h2-3,5-8,12-15H,4,9-11,16H2,1H3,(H,26,31). The van der Waals surface area contributed by atoms with Crippen LogP contribution >= 0.6 is 0 Å². The van der Waals surface area contributed by atoms with Gasteiger partial charge >= 0.3 is 0 Å². The molecule has 1 aliphatic heterocycles. The minimum Gasteiger partial charge on any atom is -0.351 e. The van der Waals surface area contributed by atoms with Gasteiger partial charge < -0.3 is 9.88 Å². The average molecular weight is 412 g/mol. The van der Waals surface area contributed by atoms with Gasteiger partial charge in [0.1, 0.15) is 5.69 Å². The van der Waals surface area contributed by atoms with E-state index in [1.165, 1.54) is 11.1 Å². The predicted octanol–water partition coefficient (Wildman–Crippen LogP) is 3.75. The number of carbonyl (C=O) groups excluding carboxylic acids is 2. The summed E-state index contributed by atoms with van der Waals surface area (Å²) in [5, 5.41) is 8.33. The molecule has 5 rings (SSSR count). The Balaban J connectivity index is 1.36. The summed E-state index contributed by atoms with van der Waals surface area (Å²) >= 11 is 0. The van der Waals surface area contributed by atoms with Crippen molar-refractivity contribution in [2.75, 3.05) is 6.54 Å². The molecule has 0 saturated carbocycles. The van der Waals surface area contributed by atoms with Crippen LogP contribution in [-0.4, -0.2) is 32.6 Å². The maximum Gasteiger partial charge on any atom is 0.267 e. The van der Waals surface area contributed by atoms with Crippen LogP contribution in [0.2, 0.25) is 0 Å². The van der Waals surface area contributed by atoms with Crippen LogP contribution in [0, 0.1) is 6.92 Å².